The molecular formula is C12H15Cl2NO5S. The Morgan fingerprint density at radius 3 is 2.33 bits per heavy atom. The Morgan fingerprint density at radius 2 is 1.90 bits per heavy atom. The Kier molecular flexibility index (Phi) is 6.01. The minimum Gasteiger partial charge on any atom is -0.478 e. The molecule has 21 heavy (non-hydrogen) atoms. The summed E-state index contributed by atoms with van der Waals surface area (Å²) in [7, 11) is -4.08. The van der Waals surface area contributed by atoms with Gasteiger partial charge in [-0.15, -0.1) is 0 Å². The number of carbonyl (C=O) groups is 1. The van der Waals surface area contributed by atoms with E-state index in [2.05, 4.69) is 4.72 Å². The molecule has 1 unspecified atom stereocenters. The molecule has 9 heteroatoms. The van der Waals surface area contributed by atoms with Crippen LogP contribution in [0, 0.1) is 5.92 Å². The predicted octanol–water partition coefficient (Wildman–Crippen LogP) is 1.99. The van der Waals surface area contributed by atoms with Crippen molar-refractivity contribution in [2.45, 2.75) is 24.8 Å². The number of sulfonamides is 1. The third-order valence-corrected chi connectivity index (χ3v) is 5.22. The van der Waals surface area contributed by atoms with Gasteiger partial charge in [0.25, 0.3) is 0 Å². The highest BCUT2D eigenvalue weighted by Gasteiger charge is 2.27. The number of aromatic carboxylic acids is 1. The Morgan fingerprint density at radius 1 is 1.33 bits per heavy atom. The van der Waals surface area contributed by atoms with Crippen molar-refractivity contribution < 1.29 is 23.4 Å². The maximum atomic E-state index is 12.3. The van der Waals surface area contributed by atoms with Crippen LogP contribution in [0.5, 0.6) is 0 Å². The first kappa shape index (κ1) is 18.2. The standard InChI is InChI=1S/C12H15Cl2NO5S/c1-6(2)8(5-16)15-21(19,20)9-4-3-7(13)10(11(9)14)12(17)18/h3-4,6,8,15-16H,5H2,1-2H3,(H,17,18). The smallest absolute Gasteiger partial charge is 0.338 e. The van der Waals surface area contributed by atoms with Gasteiger partial charge in [0, 0.05) is 6.04 Å². The number of hydrogen-bond donors (Lipinski definition) is 3. The van der Waals surface area contributed by atoms with E-state index < -0.39 is 44.1 Å². The van der Waals surface area contributed by atoms with E-state index in [1.807, 2.05) is 0 Å². The molecule has 3 N–H and O–H groups in total. The van der Waals surface area contributed by atoms with Crippen LogP contribution in [-0.4, -0.2) is 37.2 Å². The monoisotopic (exact) mass is 355 g/mol. The van der Waals surface area contributed by atoms with E-state index in [1.54, 1.807) is 13.8 Å². The first-order chi connectivity index (χ1) is 9.61. The van der Waals surface area contributed by atoms with Crippen LogP contribution in [0.4, 0.5) is 0 Å². The fourth-order valence-corrected chi connectivity index (χ4v) is 3.88. The van der Waals surface area contributed by atoms with Gasteiger partial charge >= 0.3 is 5.97 Å². The number of carboxylic acids is 1. The maximum Gasteiger partial charge on any atom is 0.338 e. The van der Waals surface area contributed by atoms with E-state index in [4.69, 9.17) is 28.3 Å². The molecule has 0 spiro atoms. The second kappa shape index (κ2) is 6.93. The molecule has 1 rings (SSSR count). The van der Waals surface area contributed by atoms with E-state index in [0.29, 0.717) is 0 Å². The van der Waals surface area contributed by atoms with Gasteiger partial charge in [-0.1, -0.05) is 37.0 Å². The summed E-state index contributed by atoms with van der Waals surface area (Å²) in [6.07, 6.45) is 0. The van der Waals surface area contributed by atoms with E-state index in [-0.39, 0.29) is 10.9 Å². The number of nitrogens with one attached hydrogen (secondary N) is 1. The summed E-state index contributed by atoms with van der Waals surface area (Å²) < 4.78 is 26.8. The number of aliphatic hydroxyl groups is 1. The Bertz CT molecular complexity index is 645. The van der Waals surface area contributed by atoms with Crippen LogP contribution in [0.3, 0.4) is 0 Å². The minimum atomic E-state index is -4.08. The van der Waals surface area contributed by atoms with Crippen LogP contribution in [0.2, 0.25) is 10.0 Å². The largest absolute Gasteiger partial charge is 0.478 e. The van der Waals surface area contributed by atoms with Gasteiger partial charge < -0.3 is 10.2 Å². The van der Waals surface area contributed by atoms with Crippen molar-refractivity contribution in [2.24, 2.45) is 5.92 Å². The van der Waals surface area contributed by atoms with Gasteiger partial charge in [0.05, 0.1) is 22.2 Å². The van der Waals surface area contributed by atoms with Gasteiger partial charge in [0.2, 0.25) is 10.0 Å². The van der Waals surface area contributed by atoms with Gasteiger partial charge in [-0.3, -0.25) is 0 Å². The second-order valence-electron chi connectivity index (χ2n) is 4.69. The number of aliphatic hydroxyl groups excluding tert-OH is 1. The minimum absolute atomic E-state index is 0.158. The molecule has 0 aliphatic heterocycles. The van der Waals surface area contributed by atoms with E-state index >= 15 is 0 Å². The zero-order valence-corrected chi connectivity index (χ0v) is 13.6. The van der Waals surface area contributed by atoms with Crippen molar-refractivity contribution in [1.29, 1.82) is 0 Å². The molecule has 6 nitrogen and oxygen atoms in total. The molecule has 0 amide bonds. The summed E-state index contributed by atoms with van der Waals surface area (Å²) in [5.41, 5.74) is -0.480. The zero-order valence-electron chi connectivity index (χ0n) is 11.3. The topological polar surface area (TPSA) is 104 Å². The van der Waals surface area contributed by atoms with Crippen LogP contribution in [0.1, 0.15) is 24.2 Å². The van der Waals surface area contributed by atoms with Gasteiger partial charge in [0.1, 0.15) is 4.90 Å². The van der Waals surface area contributed by atoms with Crippen molar-refractivity contribution in [3.8, 4) is 0 Å². The molecule has 1 aromatic rings. The number of benzene rings is 1. The summed E-state index contributed by atoms with van der Waals surface area (Å²) in [5, 5.41) is 17.6. The fraction of sp³-hybridized carbons (Fsp3) is 0.417. The van der Waals surface area contributed by atoms with Gasteiger partial charge in [-0.2, -0.15) is 0 Å². The summed E-state index contributed by atoms with van der Waals surface area (Å²) in [4.78, 5) is 10.7. The van der Waals surface area contributed by atoms with Crippen molar-refractivity contribution in [3.63, 3.8) is 0 Å². The molecule has 118 valence electrons. The first-order valence-corrected chi connectivity index (χ1v) is 8.20. The molecule has 0 aliphatic rings. The van der Waals surface area contributed by atoms with Crippen LogP contribution >= 0.6 is 23.2 Å². The number of rotatable bonds is 6. The third-order valence-electron chi connectivity index (χ3n) is 2.87. The molecule has 0 heterocycles. The molecule has 0 saturated heterocycles. The molecule has 0 fully saturated rings. The Hall–Kier alpha value is -0.860. The zero-order chi connectivity index (χ0) is 16.4. The Balaban J connectivity index is 3.33. The summed E-state index contributed by atoms with van der Waals surface area (Å²) in [6, 6.07) is 1.55. The van der Waals surface area contributed by atoms with Crippen molar-refractivity contribution >= 4 is 39.2 Å². The third kappa shape index (κ3) is 4.08. The average molecular weight is 356 g/mol. The highest BCUT2D eigenvalue weighted by molar-refractivity contribution is 7.89. The lowest BCUT2D eigenvalue weighted by Gasteiger charge is -2.20. The molecule has 0 saturated carbocycles. The highest BCUT2D eigenvalue weighted by atomic mass is 35.5. The lowest BCUT2D eigenvalue weighted by molar-refractivity contribution is 0.0697. The summed E-state index contributed by atoms with van der Waals surface area (Å²) in [5.74, 6) is -1.58. The molecule has 1 atom stereocenters. The molecule has 0 radical (unpaired) electrons. The molecular weight excluding hydrogens is 341 g/mol. The molecule has 0 aromatic heterocycles. The summed E-state index contributed by atoms with van der Waals surface area (Å²) >= 11 is 11.6. The predicted molar refractivity (Wildman–Crippen MR) is 79.5 cm³/mol. The van der Waals surface area contributed by atoms with Crippen molar-refractivity contribution in [3.05, 3.63) is 27.7 Å². The SMILES string of the molecule is CC(C)C(CO)NS(=O)(=O)c1ccc(Cl)c(C(=O)O)c1Cl. The maximum absolute atomic E-state index is 12.3. The number of hydrogen-bond acceptors (Lipinski definition) is 4. The van der Waals surface area contributed by atoms with E-state index in [0.717, 1.165) is 12.1 Å². The number of halogens is 2. The van der Waals surface area contributed by atoms with Gasteiger partial charge in [-0.05, 0) is 18.1 Å². The van der Waals surface area contributed by atoms with Gasteiger partial charge in [0.15, 0.2) is 0 Å². The average Bonchev–Trinajstić information content (AvgIpc) is 2.34. The van der Waals surface area contributed by atoms with Crippen LogP contribution in [0.25, 0.3) is 0 Å². The number of carboxylic acid groups (broad SMARTS) is 1. The fourth-order valence-electron chi connectivity index (χ4n) is 1.58. The van der Waals surface area contributed by atoms with Gasteiger partial charge in [-0.25, -0.2) is 17.9 Å². The second-order valence-corrected chi connectivity index (χ2v) is 7.16. The quantitative estimate of drug-likeness (QED) is 0.723. The summed E-state index contributed by atoms with van der Waals surface area (Å²) in [6.45, 7) is 3.07. The Labute approximate surface area is 132 Å². The molecule has 1 aromatic carbocycles. The first-order valence-electron chi connectivity index (χ1n) is 5.96. The van der Waals surface area contributed by atoms with Crippen LogP contribution in [0.15, 0.2) is 17.0 Å². The molecule has 0 bridgehead atoms. The van der Waals surface area contributed by atoms with Crippen LogP contribution in [-0.2, 0) is 10.0 Å². The lowest BCUT2D eigenvalue weighted by Crippen LogP contribution is -2.41. The van der Waals surface area contributed by atoms with Crippen molar-refractivity contribution in [1.82, 2.24) is 4.72 Å². The lowest BCUT2D eigenvalue weighted by atomic mass is 10.1. The van der Waals surface area contributed by atoms with Crippen LogP contribution < -0.4 is 4.72 Å². The van der Waals surface area contributed by atoms with E-state index in [1.165, 1.54) is 0 Å². The van der Waals surface area contributed by atoms with Crippen molar-refractivity contribution in [2.75, 3.05) is 6.61 Å². The van der Waals surface area contributed by atoms with E-state index in [9.17, 15) is 18.3 Å². The normalized spacial score (nSPS) is 13.4. The molecule has 0 aliphatic carbocycles. The highest BCUT2D eigenvalue weighted by Crippen LogP contribution is 2.31.